The van der Waals surface area contributed by atoms with Gasteiger partial charge >= 0.3 is 6.18 Å². The van der Waals surface area contributed by atoms with Gasteiger partial charge in [-0.15, -0.1) is 0 Å². The first kappa shape index (κ1) is 24.0. The van der Waals surface area contributed by atoms with E-state index < -0.39 is 17.9 Å². The predicted octanol–water partition coefficient (Wildman–Crippen LogP) is 5.14. The van der Waals surface area contributed by atoms with Crippen molar-refractivity contribution in [3.8, 4) is 11.3 Å². The first-order valence-corrected chi connectivity index (χ1v) is 12.4. The Morgan fingerprint density at radius 1 is 1.11 bits per heavy atom. The summed E-state index contributed by atoms with van der Waals surface area (Å²) in [5.74, 6) is 0.777. The Balaban J connectivity index is 1.32. The number of nitrogens with one attached hydrogen (secondary N) is 1. The zero-order valence-corrected chi connectivity index (χ0v) is 20.4. The number of halogens is 4. The Hall–Kier alpha value is -3.34. The van der Waals surface area contributed by atoms with E-state index in [4.69, 9.17) is 9.51 Å². The normalized spacial score (nSPS) is 22.2. The van der Waals surface area contributed by atoms with Crippen molar-refractivity contribution in [2.24, 2.45) is 0 Å². The van der Waals surface area contributed by atoms with Gasteiger partial charge in [0.2, 0.25) is 5.95 Å². The van der Waals surface area contributed by atoms with Crippen LogP contribution in [0.15, 0.2) is 28.9 Å². The average molecular weight is 515 g/mol. The molecule has 11 heteroatoms. The number of fused-ring (bicyclic) bond motifs is 1. The smallest absolute Gasteiger partial charge is 0.361 e. The summed E-state index contributed by atoms with van der Waals surface area (Å²) in [6.45, 7) is 4.41. The van der Waals surface area contributed by atoms with E-state index in [0.717, 1.165) is 31.0 Å². The summed E-state index contributed by atoms with van der Waals surface area (Å²) in [5, 5.41) is 7.22. The van der Waals surface area contributed by atoms with Gasteiger partial charge in [-0.05, 0) is 39.2 Å². The predicted molar refractivity (Wildman–Crippen MR) is 129 cm³/mol. The van der Waals surface area contributed by atoms with Crippen molar-refractivity contribution >= 4 is 11.5 Å². The van der Waals surface area contributed by atoms with Gasteiger partial charge in [-0.1, -0.05) is 17.3 Å². The molecule has 37 heavy (non-hydrogen) atoms. The lowest BCUT2D eigenvalue weighted by atomic mass is 10.0. The lowest BCUT2D eigenvalue weighted by molar-refractivity contribution is -0.138. The summed E-state index contributed by atoms with van der Waals surface area (Å²) in [4.78, 5) is 15.2. The van der Waals surface area contributed by atoms with Crippen molar-refractivity contribution in [3.05, 3.63) is 58.4 Å². The average Bonchev–Trinajstić information content (AvgIpc) is 3.54. The van der Waals surface area contributed by atoms with Gasteiger partial charge in [0.1, 0.15) is 17.5 Å². The molecule has 0 unspecified atom stereocenters. The molecular weight excluding hydrogens is 488 g/mol. The highest BCUT2D eigenvalue weighted by Gasteiger charge is 2.40. The Kier molecular flexibility index (Phi) is 5.78. The number of likely N-dealkylation sites (tertiary alicyclic amines) is 1. The van der Waals surface area contributed by atoms with Gasteiger partial charge < -0.3 is 9.84 Å². The summed E-state index contributed by atoms with van der Waals surface area (Å²) in [7, 11) is 0. The Labute approximate surface area is 211 Å². The van der Waals surface area contributed by atoms with Gasteiger partial charge in [0.15, 0.2) is 0 Å². The molecule has 2 aliphatic carbocycles. The molecule has 4 heterocycles. The maximum Gasteiger partial charge on any atom is 0.419 e. The van der Waals surface area contributed by atoms with Gasteiger partial charge in [0.05, 0.1) is 28.3 Å². The summed E-state index contributed by atoms with van der Waals surface area (Å²) in [6.07, 6.45) is 0.238. The van der Waals surface area contributed by atoms with Crippen molar-refractivity contribution in [3.63, 3.8) is 0 Å². The van der Waals surface area contributed by atoms with Gasteiger partial charge in [-0.25, -0.2) is 14.4 Å². The molecule has 1 aliphatic heterocycles. The molecule has 1 saturated heterocycles. The van der Waals surface area contributed by atoms with Crippen LogP contribution in [0.3, 0.4) is 0 Å². The minimum atomic E-state index is -4.62. The Bertz CT molecular complexity index is 1360. The Morgan fingerprint density at radius 2 is 1.92 bits per heavy atom. The third-order valence-electron chi connectivity index (χ3n) is 7.53. The lowest BCUT2D eigenvalue weighted by Crippen LogP contribution is -2.57. The molecule has 3 aliphatic rings. The number of rotatable bonds is 5. The fraction of sp³-hybridized carbons (Fsp3) is 0.462. The number of hydrogen-bond acceptors (Lipinski definition) is 7. The first-order valence-electron chi connectivity index (χ1n) is 12.4. The number of hydrogen-bond donors (Lipinski definition) is 1. The molecule has 2 fully saturated rings. The second-order valence-electron chi connectivity index (χ2n) is 9.97. The second-order valence-corrected chi connectivity index (χ2v) is 9.97. The second kappa shape index (κ2) is 8.90. The fourth-order valence-corrected chi connectivity index (χ4v) is 5.73. The molecule has 0 aromatic carbocycles. The first-order chi connectivity index (χ1) is 17.7. The van der Waals surface area contributed by atoms with Crippen LogP contribution in [0.1, 0.15) is 53.2 Å². The van der Waals surface area contributed by atoms with Crippen LogP contribution in [-0.4, -0.2) is 56.4 Å². The van der Waals surface area contributed by atoms with E-state index in [-0.39, 0.29) is 23.7 Å². The Morgan fingerprint density at radius 3 is 2.62 bits per heavy atom. The number of aryl methyl sites for hydroxylation is 2. The third-order valence-corrected chi connectivity index (χ3v) is 7.53. The zero-order valence-electron chi connectivity index (χ0n) is 20.4. The maximum absolute atomic E-state index is 14.0. The molecule has 1 N–H and O–H groups in total. The molecular formula is C26H26F4N6O. The van der Waals surface area contributed by atoms with Crippen molar-refractivity contribution in [2.45, 2.75) is 64.0 Å². The summed E-state index contributed by atoms with van der Waals surface area (Å²) in [5.41, 5.74) is 2.76. The van der Waals surface area contributed by atoms with Crippen LogP contribution < -0.4 is 5.32 Å². The van der Waals surface area contributed by atoms with Crippen LogP contribution in [0.2, 0.25) is 0 Å². The molecule has 6 rings (SSSR count). The molecule has 7 nitrogen and oxygen atoms in total. The van der Waals surface area contributed by atoms with Gasteiger partial charge in [0.25, 0.3) is 0 Å². The van der Waals surface area contributed by atoms with Crippen LogP contribution in [0.4, 0.5) is 23.5 Å². The molecule has 3 aromatic heterocycles. The van der Waals surface area contributed by atoms with Gasteiger partial charge in [0, 0.05) is 48.9 Å². The topological polar surface area (TPSA) is 80.0 Å². The van der Waals surface area contributed by atoms with Crippen LogP contribution in [0.25, 0.3) is 16.8 Å². The molecule has 2 atom stereocenters. The number of aromatic nitrogens is 4. The van der Waals surface area contributed by atoms with Crippen LogP contribution in [0, 0.1) is 13.8 Å². The van der Waals surface area contributed by atoms with Crippen molar-refractivity contribution in [1.82, 2.24) is 25.0 Å². The van der Waals surface area contributed by atoms with Gasteiger partial charge in [-0.2, -0.15) is 13.2 Å². The van der Waals surface area contributed by atoms with Crippen LogP contribution in [0.5, 0.6) is 0 Å². The standard InChI is InChI=1S/C26H26F4N6O/c1-13-23(14(2)37-35-13)21-9-6-16-17(7-8-19(16)32-21)24-18(26(28,29)30)10-31-25(34-24)33-20-4-3-5-22(20)36-11-15(27)12-36/h6-7,9-10,15,20,22H,3-5,8,11-12H2,1-2H3,(H,31,33,34)/t20-,22-/m0/s1. The van der Waals surface area contributed by atoms with Crippen molar-refractivity contribution in [2.75, 3.05) is 18.4 Å². The van der Waals surface area contributed by atoms with E-state index in [1.54, 1.807) is 25.1 Å². The summed E-state index contributed by atoms with van der Waals surface area (Å²) in [6, 6.07) is 3.63. The zero-order chi connectivity index (χ0) is 25.9. The largest absolute Gasteiger partial charge is 0.419 e. The molecule has 0 radical (unpaired) electrons. The highest BCUT2D eigenvalue weighted by molar-refractivity contribution is 5.85. The molecule has 0 spiro atoms. The number of pyridine rings is 1. The molecule has 0 amide bonds. The monoisotopic (exact) mass is 514 g/mol. The van der Waals surface area contributed by atoms with E-state index in [2.05, 4.69) is 25.3 Å². The van der Waals surface area contributed by atoms with Gasteiger partial charge in [-0.3, -0.25) is 9.88 Å². The van der Waals surface area contributed by atoms with E-state index in [0.29, 0.717) is 53.5 Å². The quantitative estimate of drug-likeness (QED) is 0.473. The minimum absolute atomic E-state index is 0.0406. The number of allylic oxidation sites excluding steroid dienone is 1. The maximum atomic E-state index is 14.0. The van der Waals surface area contributed by atoms with E-state index in [1.807, 2.05) is 6.92 Å². The highest BCUT2D eigenvalue weighted by atomic mass is 19.4. The van der Waals surface area contributed by atoms with Crippen LogP contribution >= 0.6 is 0 Å². The molecule has 0 bridgehead atoms. The van der Waals surface area contributed by atoms with E-state index in [9.17, 15) is 17.6 Å². The number of anilines is 1. The molecule has 1 saturated carbocycles. The van der Waals surface area contributed by atoms with E-state index >= 15 is 0 Å². The highest BCUT2D eigenvalue weighted by Crippen LogP contribution is 2.40. The summed E-state index contributed by atoms with van der Waals surface area (Å²) >= 11 is 0. The fourth-order valence-electron chi connectivity index (χ4n) is 5.73. The number of nitrogens with zero attached hydrogens (tertiary/aromatic N) is 5. The van der Waals surface area contributed by atoms with Crippen molar-refractivity contribution in [1.29, 1.82) is 0 Å². The molecule has 3 aromatic rings. The lowest BCUT2D eigenvalue weighted by Gasteiger charge is -2.41. The minimum Gasteiger partial charge on any atom is -0.361 e. The molecule has 194 valence electrons. The SMILES string of the molecule is Cc1noc(C)c1-c1ccc2c(n1)CC=C2c1nc(N[C@H]2CCC[C@@H]2N2CC(F)C2)ncc1C(F)(F)F. The third kappa shape index (κ3) is 4.28. The van der Waals surface area contributed by atoms with Crippen LogP contribution in [-0.2, 0) is 12.6 Å². The number of alkyl halides is 4. The summed E-state index contributed by atoms with van der Waals surface area (Å²) < 4.78 is 60.7. The van der Waals surface area contributed by atoms with E-state index in [1.165, 1.54) is 0 Å². The van der Waals surface area contributed by atoms with Crippen molar-refractivity contribution < 1.29 is 22.1 Å².